The summed E-state index contributed by atoms with van der Waals surface area (Å²) < 4.78 is 5.27. The molecule has 3 N–H and O–H groups in total. The van der Waals surface area contributed by atoms with Gasteiger partial charge in [-0.1, -0.05) is 24.3 Å². The van der Waals surface area contributed by atoms with Gasteiger partial charge in [0.1, 0.15) is 0 Å². The van der Waals surface area contributed by atoms with Gasteiger partial charge < -0.3 is 15.3 Å². The van der Waals surface area contributed by atoms with Gasteiger partial charge in [-0.2, -0.15) is 0 Å². The normalized spacial score (nSPS) is 18.2. The molecule has 29 heavy (non-hydrogen) atoms. The van der Waals surface area contributed by atoms with E-state index in [-0.39, 0.29) is 18.3 Å². The fraction of sp³-hybridized carbons (Fsp3) is 0.435. The Labute approximate surface area is 171 Å². The largest absolute Gasteiger partial charge is 0.466 e. The molecule has 2 aliphatic rings. The first-order chi connectivity index (χ1) is 14.0. The van der Waals surface area contributed by atoms with Crippen molar-refractivity contribution >= 4 is 17.3 Å². The van der Waals surface area contributed by atoms with E-state index >= 15 is 0 Å². The molecular formula is C23H29N3O3. The van der Waals surface area contributed by atoms with Crippen LogP contribution < -0.4 is 16.0 Å². The molecular weight excluding hydrogens is 366 g/mol. The number of hydrogen-bond acceptors (Lipinski definition) is 6. The molecule has 0 radical (unpaired) electrons. The molecule has 154 valence electrons. The molecule has 0 saturated heterocycles. The Bertz CT molecular complexity index is 928. The maximum absolute atomic E-state index is 12.4. The molecule has 0 fully saturated rings. The highest BCUT2D eigenvalue weighted by Gasteiger charge is 2.28. The van der Waals surface area contributed by atoms with Gasteiger partial charge in [-0.3, -0.25) is 9.80 Å². The van der Waals surface area contributed by atoms with Crippen LogP contribution in [0.25, 0.3) is 0 Å². The highest BCUT2D eigenvalue weighted by atomic mass is 16.5. The Kier molecular flexibility index (Phi) is 5.48. The molecule has 4 rings (SSSR count). The number of anilines is 2. The van der Waals surface area contributed by atoms with E-state index in [2.05, 4.69) is 60.1 Å². The number of carbonyl (C=O) groups is 1. The highest BCUT2D eigenvalue weighted by Crippen LogP contribution is 2.41. The van der Waals surface area contributed by atoms with Crippen LogP contribution >= 0.6 is 0 Å². The number of ether oxygens (including phenoxy) is 1. The summed E-state index contributed by atoms with van der Waals surface area (Å²) >= 11 is 0. The maximum atomic E-state index is 12.4. The van der Waals surface area contributed by atoms with E-state index in [9.17, 15) is 9.90 Å². The SMILES string of the molecule is CCOC(=O)CC(c1ccc2c(c1)C(O)CC2)c1ccc2c(c1C)NNN2CC. The van der Waals surface area contributed by atoms with E-state index in [0.717, 1.165) is 53.0 Å². The van der Waals surface area contributed by atoms with Crippen LogP contribution in [0.15, 0.2) is 30.3 Å². The van der Waals surface area contributed by atoms with E-state index in [1.807, 2.05) is 6.92 Å². The van der Waals surface area contributed by atoms with Gasteiger partial charge in [-0.05, 0) is 67.5 Å². The zero-order valence-electron chi connectivity index (χ0n) is 17.3. The summed E-state index contributed by atoms with van der Waals surface area (Å²) in [5.41, 5.74) is 14.0. The Morgan fingerprint density at radius 3 is 2.90 bits per heavy atom. The monoisotopic (exact) mass is 395 g/mol. The van der Waals surface area contributed by atoms with Crippen molar-refractivity contribution in [2.75, 3.05) is 23.6 Å². The summed E-state index contributed by atoms with van der Waals surface area (Å²) in [6.45, 7) is 7.21. The number of aliphatic hydroxyl groups is 1. The van der Waals surface area contributed by atoms with Crippen LogP contribution in [0.3, 0.4) is 0 Å². The van der Waals surface area contributed by atoms with Crippen molar-refractivity contribution in [2.45, 2.75) is 52.1 Å². The summed E-state index contributed by atoms with van der Waals surface area (Å²) in [5.74, 6) is -0.338. The minimum Gasteiger partial charge on any atom is -0.466 e. The lowest BCUT2D eigenvalue weighted by Crippen LogP contribution is -2.35. The predicted molar refractivity (Wildman–Crippen MR) is 114 cm³/mol. The molecule has 1 aliphatic carbocycles. The van der Waals surface area contributed by atoms with E-state index < -0.39 is 6.10 Å². The summed E-state index contributed by atoms with van der Waals surface area (Å²) in [6.07, 6.45) is 1.52. The van der Waals surface area contributed by atoms with Crippen molar-refractivity contribution in [3.05, 3.63) is 58.1 Å². The molecule has 2 unspecified atom stereocenters. The number of nitrogens with one attached hydrogen (secondary N) is 2. The minimum absolute atomic E-state index is 0.130. The molecule has 0 saturated carbocycles. The van der Waals surface area contributed by atoms with E-state index in [4.69, 9.17) is 4.74 Å². The summed E-state index contributed by atoms with van der Waals surface area (Å²) in [6, 6.07) is 10.5. The Balaban J connectivity index is 1.76. The van der Waals surface area contributed by atoms with Crippen molar-refractivity contribution in [3.63, 3.8) is 0 Å². The van der Waals surface area contributed by atoms with Gasteiger partial charge in [0.25, 0.3) is 0 Å². The number of benzene rings is 2. The Morgan fingerprint density at radius 2 is 2.14 bits per heavy atom. The molecule has 0 amide bonds. The van der Waals surface area contributed by atoms with Crippen molar-refractivity contribution in [2.24, 2.45) is 0 Å². The van der Waals surface area contributed by atoms with Gasteiger partial charge in [0, 0.05) is 12.5 Å². The number of hydrogen-bond donors (Lipinski definition) is 3. The van der Waals surface area contributed by atoms with E-state index in [1.165, 1.54) is 5.56 Å². The van der Waals surface area contributed by atoms with Gasteiger partial charge >= 0.3 is 5.97 Å². The number of aliphatic hydroxyl groups excluding tert-OH is 1. The second kappa shape index (κ2) is 8.05. The second-order valence-corrected chi connectivity index (χ2v) is 7.73. The number of esters is 1. The molecule has 1 heterocycles. The van der Waals surface area contributed by atoms with Crippen LogP contribution in [0.1, 0.15) is 66.5 Å². The van der Waals surface area contributed by atoms with Crippen LogP contribution in [0, 0.1) is 6.92 Å². The molecule has 0 aromatic heterocycles. The third-order valence-electron chi connectivity index (χ3n) is 6.08. The average Bonchev–Trinajstić information content (AvgIpc) is 3.31. The standard InChI is InChI=1S/C23H29N3O3/c1-4-26-20-10-9-17(14(3)23(20)24-25-26)18(13-22(28)29-5-2)16-7-6-15-8-11-21(27)19(15)12-16/h6-7,9-10,12,18,21,24-25,27H,4-5,8,11,13H2,1-3H3. The van der Waals surface area contributed by atoms with Crippen molar-refractivity contribution < 1.29 is 14.6 Å². The number of rotatable bonds is 6. The average molecular weight is 396 g/mol. The topological polar surface area (TPSA) is 73.8 Å². The molecule has 0 spiro atoms. The lowest BCUT2D eigenvalue weighted by molar-refractivity contribution is -0.143. The van der Waals surface area contributed by atoms with E-state index in [0.29, 0.717) is 6.61 Å². The molecule has 1 aliphatic heterocycles. The maximum Gasteiger partial charge on any atom is 0.306 e. The van der Waals surface area contributed by atoms with Gasteiger partial charge in [0.15, 0.2) is 0 Å². The predicted octanol–water partition coefficient (Wildman–Crippen LogP) is 3.73. The van der Waals surface area contributed by atoms with Crippen LogP contribution in [0.2, 0.25) is 0 Å². The van der Waals surface area contributed by atoms with Crippen LogP contribution in [-0.2, 0) is 16.0 Å². The fourth-order valence-corrected chi connectivity index (χ4v) is 4.52. The quantitative estimate of drug-likeness (QED) is 0.647. The zero-order valence-corrected chi connectivity index (χ0v) is 17.3. The third kappa shape index (κ3) is 3.58. The Hall–Kier alpha value is -2.57. The summed E-state index contributed by atoms with van der Waals surface area (Å²) in [7, 11) is 0. The highest BCUT2D eigenvalue weighted by molar-refractivity contribution is 5.79. The summed E-state index contributed by atoms with van der Waals surface area (Å²) in [4.78, 5) is 12.4. The summed E-state index contributed by atoms with van der Waals surface area (Å²) in [5, 5.41) is 12.4. The van der Waals surface area contributed by atoms with Gasteiger partial charge in [0.05, 0.1) is 30.5 Å². The van der Waals surface area contributed by atoms with Gasteiger partial charge in [-0.15, -0.1) is 5.53 Å². The number of fused-ring (bicyclic) bond motifs is 2. The lowest BCUT2D eigenvalue weighted by Gasteiger charge is -2.22. The Morgan fingerprint density at radius 1 is 1.31 bits per heavy atom. The zero-order chi connectivity index (χ0) is 20.5. The van der Waals surface area contributed by atoms with Crippen molar-refractivity contribution in [1.29, 1.82) is 0 Å². The number of carbonyl (C=O) groups excluding carboxylic acids is 1. The van der Waals surface area contributed by atoms with Crippen LogP contribution in [-0.4, -0.2) is 24.2 Å². The molecule has 2 atom stereocenters. The first-order valence-electron chi connectivity index (χ1n) is 10.4. The number of aryl methyl sites for hydroxylation is 1. The van der Waals surface area contributed by atoms with Crippen LogP contribution in [0.5, 0.6) is 0 Å². The first-order valence-corrected chi connectivity index (χ1v) is 10.4. The van der Waals surface area contributed by atoms with Crippen molar-refractivity contribution in [3.8, 4) is 0 Å². The fourth-order valence-electron chi connectivity index (χ4n) is 4.52. The minimum atomic E-state index is -0.418. The second-order valence-electron chi connectivity index (χ2n) is 7.73. The van der Waals surface area contributed by atoms with Gasteiger partial charge in [0.2, 0.25) is 0 Å². The first kappa shape index (κ1) is 19.7. The molecule has 0 bridgehead atoms. The number of nitrogens with zero attached hydrogens (tertiary/aromatic N) is 1. The van der Waals surface area contributed by atoms with Gasteiger partial charge in [-0.25, -0.2) is 0 Å². The molecule has 6 nitrogen and oxygen atoms in total. The smallest absolute Gasteiger partial charge is 0.306 e. The number of hydrazine groups is 2. The lowest BCUT2D eigenvalue weighted by atomic mass is 9.84. The van der Waals surface area contributed by atoms with E-state index in [1.54, 1.807) is 0 Å². The molecule has 6 heteroatoms. The van der Waals surface area contributed by atoms with Crippen molar-refractivity contribution in [1.82, 2.24) is 5.53 Å². The third-order valence-corrected chi connectivity index (χ3v) is 6.08. The van der Waals surface area contributed by atoms with Crippen LogP contribution in [0.4, 0.5) is 11.4 Å². The molecule has 2 aromatic carbocycles. The molecule has 2 aromatic rings.